The molecule has 2 aromatic carbocycles. The van der Waals surface area contributed by atoms with Crippen LogP contribution in [0.1, 0.15) is 12.5 Å². The first-order valence-electron chi connectivity index (χ1n) is 10.4. The zero-order valence-corrected chi connectivity index (χ0v) is 19.4. The summed E-state index contributed by atoms with van der Waals surface area (Å²) in [5.41, 5.74) is 2.20. The fourth-order valence-electron chi connectivity index (χ4n) is 3.48. The Bertz CT molecular complexity index is 1160. The van der Waals surface area contributed by atoms with E-state index in [0.717, 1.165) is 12.0 Å². The van der Waals surface area contributed by atoms with Gasteiger partial charge in [0.1, 0.15) is 0 Å². The molecule has 1 fully saturated rings. The van der Waals surface area contributed by atoms with Crippen LogP contribution < -0.4 is 0 Å². The highest BCUT2D eigenvalue weighted by Crippen LogP contribution is 2.21. The van der Waals surface area contributed by atoms with Crippen molar-refractivity contribution in [1.29, 1.82) is 0 Å². The molecule has 0 radical (unpaired) electrons. The Kier molecular flexibility index (Phi) is 6.92. The quantitative estimate of drug-likeness (QED) is 0.532. The van der Waals surface area contributed by atoms with Gasteiger partial charge in [0, 0.05) is 31.7 Å². The number of hydrogen-bond acceptors (Lipinski definition) is 6. The van der Waals surface area contributed by atoms with Gasteiger partial charge < -0.3 is 4.90 Å². The molecule has 0 saturated carbocycles. The van der Waals surface area contributed by atoms with Gasteiger partial charge in [-0.25, -0.2) is 13.4 Å². The first-order valence-corrected chi connectivity index (χ1v) is 12.9. The lowest BCUT2D eigenvalue weighted by Gasteiger charge is -2.33. The molecular weight excluding hydrogens is 446 g/mol. The van der Waals surface area contributed by atoms with Crippen molar-refractivity contribution in [2.75, 3.05) is 31.9 Å². The van der Waals surface area contributed by atoms with Crippen LogP contribution in [0.4, 0.5) is 0 Å². The van der Waals surface area contributed by atoms with Crippen LogP contribution in [0, 0.1) is 0 Å². The Labute approximate surface area is 192 Å². The molecule has 1 aromatic heterocycles. The van der Waals surface area contributed by atoms with E-state index in [-0.39, 0.29) is 29.6 Å². The Morgan fingerprint density at radius 2 is 1.72 bits per heavy atom. The molecule has 3 aromatic rings. The first-order chi connectivity index (χ1) is 15.5. The minimum atomic E-state index is -3.53. The van der Waals surface area contributed by atoms with Gasteiger partial charge in [-0.1, -0.05) is 61.2 Å². The molecule has 0 bridgehead atoms. The average molecular weight is 472 g/mol. The van der Waals surface area contributed by atoms with Gasteiger partial charge in [0.15, 0.2) is 5.82 Å². The van der Waals surface area contributed by atoms with Crippen molar-refractivity contribution in [2.45, 2.75) is 23.4 Å². The van der Waals surface area contributed by atoms with Crippen molar-refractivity contribution in [1.82, 2.24) is 24.4 Å². The van der Waals surface area contributed by atoms with E-state index in [0.29, 0.717) is 24.1 Å². The summed E-state index contributed by atoms with van der Waals surface area (Å²) in [4.78, 5) is 19.1. The summed E-state index contributed by atoms with van der Waals surface area (Å²) in [6.45, 7) is 3.42. The van der Waals surface area contributed by atoms with Crippen LogP contribution in [0.15, 0.2) is 64.6 Å². The van der Waals surface area contributed by atoms with Crippen molar-refractivity contribution in [3.05, 3.63) is 60.2 Å². The highest BCUT2D eigenvalue weighted by atomic mass is 32.2. The van der Waals surface area contributed by atoms with E-state index in [1.807, 2.05) is 12.1 Å². The molecular formula is C22H25N5O3S2. The number of aromatic nitrogens is 3. The zero-order chi connectivity index (χ0) is 22.6. The Morgan fingerprint density at radius 1 is 1.03 bits per heavy atom. The molecule has 0 atom stereocenters. The molecule has 4 rings (SSSR count). The molecule has 1 N–H and O–H groups in total. The average Bonchev–Trinajstić information content (AvgIpc) is 3.32. The maximum atomic E-state index is 12.7. The van der Waals surface area contributed by atoms with Crippen molar-refractivity contribution < 1.29 is 13.2 Å². The largest absolute Gasteiger partial charge is 0.339 e. The van der Waals surface area contributed by atoms with Crippen molar-refractivity contribution >= 4 is 27.7 Å². The number of sulfonamides is 1. The van der Waals surface area contributed by atoms with Crippen LogP contribution in [0.25, 0.3) is 11.4 Å². The second kappa shape index (κ2) is 9.85. The molecule has 1 aliphatic heterocycles. The maximum Gasteiger partial charge on any atom is 0.243 e. The molecule has 0 unspecified atom stereocenters. The SMILES string of the molecule is CCc1ccc(-c2nc(SCC(=O)N3CCN(S(=O)(=O)c4ccccc4)CC3)n[nH]2)cc1. The standard InChI is InChI=1S/C22H25N5O3S2/c1-2-17-8-10-18(11-9-17)21-23-22(25-24-21)31-16-20(28)26-12-14-27(15-13-26)32(29,30)19-6-4-3-5-7-19/h3-11H,2,12-16H2,1H3,(H,23,24,25). The van der Waals surface area contributed by atoms with Gasteiger partial charge in [-0.15, -0.1) is 5.10 Å². The van der Waals surface area contributed by atoms with E-state index in [2.05, 4.69) is 34.2 Å². The fraction of sp³-hybridized carbons (Fsp3) is 0.318. The van der Waals surface area contributed by atoms with E-state index in [4.69, 9.17) is 0 Å². The molecule has 168 valence electrons. The molecule has 1 saturated heterocycles. The number of benzene rings is 2. The number of nitrogens with zero attached hydrogens (tertiary/aromatic N) is 4. The molecule has 1 aliphatic rings. The number of hydrogen-bond donors (Lipinski definition) is 1. The lowest BCUT2D eigenvalue weighted by atomic mass is 10.1. The Balaban J connectivity index is 1.29. The van der Waals surface area contributed by atoms with Crippen molar-refractivity contribution in [3.8, 4) is 11.4 Å². The fourth-order valence-corrected chi connectivity index (χ4v) is 5.62. The van der Waals surface area contributed by atoms with Gasteiger partial charge in [0.2, 0.25) is 21.1 Å². The number of carbonyl (C=O) groups excluding carboxylic acids is 1. The highest BCUT2D eigenvalue weighted by molar-refractivity contribution is 7.99. The van der Waals surface area contributed by atoms with Crippen molar-refractivity contribution in [2.24, 2.45) is 0 Å². The van der Waals surface area contributed by atoms with E-state index < -0.39 is 10.0 Å². The Hall–Kier alpha value is -2.69. The van der Waals surface area contributed by atoms with Gasteiger partial charge in [-0.05, 0) is 24.1 Å². The van der Waals surface area contributed by atoms with Gasteiger partial charge >= 0.3 is 0 Å². The summed E-state index contributed by atoms with van der Waals surface area (Å²) in [5, 5.41) is 7.63. The summed E-state index contributed by atoms with van der Waals surface area (Å²) in [6, 6.07) is 16.5. The van der Waals surface area contributed by atoms with Gasteiger partial charge in [-0.2, -0.15) is 4.31 Å². The van der Waals surface area contributed by atoms with Crippen LogP contribution in [0.5, 0.6) is 0 Å². The number of aryl methyl sites for hydroxylation is 1. The second-order valence-corrected chi connectivity index (χ2v) is 10.3. The summed E-state index contributed by atoms with van der Waals surface area (Å²) in [5.74, 6) is 0.824. The summed E-state index contributed by atoms with van der Waals surface area (Å²) < 4.78 is 26.9. The minimum Gasteiger partial charge on any atom is -0.339 e. The third-order valence-corrected chi connectivity index (χ3v) is 8.14. The number of carbonyl (C=O) groups is 1. The summed E-state index contributed by atoms with van der Waals surface area (Å²) in [7, 11) is -3.53. The molecule has 1 amide bonds. The molecule has 10 heteroatoms. The summed E-state index contributed by atoms with van der Waals surface area (Å²) >= 11 is 1.27. The predicted octanol–water partition coefficient (Wildman–Crippen LogP) is 2.66. The molecule has 2 heterocycles. The van der Waals surface area contributed by atoms with Gasteiger partial charge in [-0.3, -0.25) is 9.89 Å². The third-order valence-electron chi connectivity index (χ3n) is 5.40. The van der Waals surface area contributed by atoms with Crippen LogP contribution in [-0.4, -0.2) is 70.6 Å². The Morgan fingerprint density at radius 3 is 2.38 bits per heavy atom. The number of rotatable bonds is 7. The number of piperazine rings is 1. The van der Waals surface area contributed by atoms with Crippen LogP contribution >= 0.6 is 11.8 Å². The zero-order valence-electron chi connectivity index (χ0n) is 17.8. The second-order valence-electron chi connectivity index (χ2n) is 7.40. The number of H-pyrrole nitrogens is 1. The third kappa shape index (κ3) is 5.03. The number of aromatic amines is 1. The van der Waals surface area contributed by atoms with Crippen molar-refractivity contribution in [3.63, 3.8) is 0 Å². The number of nitrogens with one attached hydrogen (secondary N) is 1. The lowest BCUT2D eigenvalue weighted by Crippen LogP contribution is -2.50. The maximum absolute atomic E-state index is 12.7. The predicted molar refractivity (Wildman–Crippen MR) is 124 cm³/mol. The summed E-state index contributed by atoms with van der Waals surface area (Å²) in [6.07, 6.45) is 0.979. The van der Waals surface area contributed by atoms with E-state index in [1.165, 1.54) is 21.6 Å². The molecule has 0 aliphatic carbocycles. The molecule has 32 heavy (non-hydrogen) atoms. The van der Waals surface area contributed by atoms with Crippen LogP contribution in [0.2, 0.25) is 0 Å². The lowest BCUT2D eigenvalue weighted by molar-refractivity contribution is -0.129. The monoisotopic (exact) mass is 471 g/mol. The minimum absolute atomic E-state index is 0.0505. The van der Waals surface area contributed by atoms with Crippen LogP contribution in [-0.2, 0) is 21.2 Å². The number of thioether (sulfide) groups is 1. The topological polar surface area (TPSA) is 99.3 Å². The van der Waals surface area contributed by atoms with E-state index >= 15 is 0 Å². The van der Waals surface area contributed by atoms with Gasteiger partial charge in [0.05, 0.1) is 10.6 Å². The molecule has 8 nitrogen and oxygen atoms in total. The smallest absolute Gasteiger partial charge is 0.243 e. The van der Waals surface area contributed by atoms with E-state index in [9.17, 15) is 13.2 Å². The molecule has 0 spiro atoms. The number of amides is 1. The highest BCUT2D eigenvalue weighted by Gasteiger charge is 2.30. The normalized spacial score (nSPS) is 15.1. The van der Waals surface area contributed by atoms with Gasteiger partial charge in [0.25, 0.3) is 0 Å². The van der Waals surface area contributed by atoms with Crippen LogP contribution in [0.3, 0.4) is 0 Å². The first kappa shape index (κ1) is 22.5. The van der Waals surface area contributed by atoms with E-state index in [1.54, 1.807) is 35.2 Å².